The molecule has 0 atom stereocenters. The number of amides is 2. The quantitative estimate of drug-likeness (QED) is 0.215. The van der Waals surface area contributed by atoms with E-state index in [1.165, 1.54) is 90.4 Å². The van der Waals surface area contributed by atoms with Crippen molar-refractivity contribution in [2.45, 2.75) is 104 Å². The second-order valence-electron chi connectivity index (χ2n) is 8.56. The summed E-state index contributed by atoms with van der Waals surface area (Å²) in [5, 5.41) is 8.81. The third kappa shape index (κ3) is 16.3. The maximum atomic E-state index is 12.0. The fourth-order valence-corrected chi connectivity index (χ4v) is 3.70. The summed E-state index contributed by atoms with van der Waals surface area (Å²) in [5.41, 5.74) is 1.54. The Hall–Kier alpha value is -2.04. The highest BCUT2D eigenvalue weighted by Crippen LogP contribution is 2.15. The molecule has 176 valence electrons. The first-order valence-electron chi connectivity index (χ1n) is 12.5. The van der Waals surface area contributed by atoms with Crippen LogP contribution in [-0.4, -0.2) is 24.9 Å². The third-order valence-corrected chi connectivity index (χ3v) is 5.49. The van der Waals surface area contributed by atoms with Crippen LogP contribution in [0.5, 0.6) is 0 Å². The van der Waals surface area contributed by atoms with Crippen LogP contribution >= 0.6 is 0 Å². The van der Waals surface area contributed by atoms with E-state index in [9.17, 15) is 9.59 Å². The van der Waals surface area contributed by atoms with Crippen LogP contribution in [0.2, 0.25) is 0 Å². The highest BCUT2D eigenvalue weighted by molar-refractivity contribution is 5.89. The summed E-state index contributed by atoms with van der Waals surface area (Å²) in [4.78, 5) is 23.1. The van der Waals surface area contributed by atoms with Crippen molar-refractivity contribution in [2.75, 3.05) is 23.7 Å². The van der Waals surface area contributed by atoms with E-state index < -0.39 is 0 Å². The summed E-state index contributed by atoms with van der Waals surface area (Å²) < 4.78 is 0. The zero-order chi connectivity index (χ0) is 22.6. The van der Waals surface area contributed by atoms with E-state index >= 15 is 0 Å². The van der Waals surface area contributed by atoms with Crippen molar-refractivity contribution in [1.29, 1.82) is 0 Å². The molecule has 0 radical (unpaired) electrons. The van der Waals surface area contributed by atoms with Gasteiger partial charge in [-0.05, 0) is 24.6 Å². The Bertz CT molecular complexity index is 604. The van der Waals surface area contributed by atoms with Crippen molar-refractivity contribution < 1.29 is 9.59 Å². The molecule has 0 unspecified atom stereocenters. The van der Waals surface area contributed by atoms with E-state index in [1.54, 1.807) is 0 Å². The molecule has 0 spiro atoms. The fraction of sp³-hybridized carbons (Fsp3) is 0.692. The molecule has 0 aliphatic heterocycles. The third-order valence-electron chi connectivity index (χ3n) is 5.49. The molecule has 0 aliphatic rings. The van der Waals surface area contributed by atoms with E-state index in [2.05, 4.69) is 22.9 Å². The summed E-state index contributed by atoms with van der Waals surface area (Å²) in [7, 11) is 0. The number of benzene rings is 1. The van der Waals surface area contributed by atoms with Gasteiger partial charge in [-0.15, -0.1) is 0 Å². The molecule has 0 saturated carbocycles. The lowest BCUT2D eigenvalue weighted by Crippen LogP contribution is -2.30. The molecule has 3 N–H and O–H groups in total. The van der Waals surface area contributed by atoms with E-state index in [-0.39, 0.29) is 18.4 Å². The van der Waals surface area contributed by atoms with Gasteiger partial charge in [-0.3, -0.25) is 9.59 Å². The molecule has 0 heterocycles. The molecule has 0 aliphatic carbocycles. The van der Waals surface area contributed by atoms with E-state index in [4.69, 9.17) is 0 Å². The first-order chi connectivity index (χ1) is 15.1. The largest absolute Gasteiger partial charge is 0.376 e. The Balaban J connectivity index is 1.90. The minimum atomic E-state index is -0.108. The average Bonchev–Trinajstić information content (AvgIpc) is 2.75. The zero-order valence-electron chi connectivity index (χ0n) is 19.9. The van der Waals surface area contributed by atoms with Crippen molar-refractivity contribution in [3.63, 3.8) is 0 Å². The van der Waals surface area contributed by atoms with Gasteiger partial charge in [0.15, 0.2) is 0 Å². The van der Waals surface area contributed by atoms with Gasteiger partial charge in [-0.25, -0.2) is 0 Å². The molecule has 0 saturated heterocycles. The standard InChI is InChI=1S/C26H45N3O2/c1-3-4-5-6-7-8-9-10-11-12-13-14-15-16-20-27-26(31)22-28-24-18-17-19-25(21-24)29-23(2)30/h17-19,21,28H,3-16,20,22H2,1-2H3,(H,27,31)(H,29,30). The van der Waals surface area contributed by atoms with Crippen molar-refractivity contribution in [3.05, 3.63) is 24.3 Å². The smallest absolute Gasteiger partial charge is 0.239 e. The van der Waals surface area contributed by atoms with Gasteiger partial charge in [-0.1, -0.05) is 96.5 Å². The second-order valence-corrected chi connectivity index (χ2v) is 8.56. The van der Waals surface area contributed by atoms with Crippen LogP contribution in [0, 0.1) is 0 Å². The fourth-order valence-electron chi connectivity index (χ4n) is 3.70. The number of nitrogens with one attached hydrogen (secondary N) is 3. The van der Waals surface area contributed by atoms with Gasteiger partial charge in [0.25, 0.3) is 0 Å². The summed E-state index contributed by atoms with van der Waals surface area (Å²) in [5.74, 6) is -0.109. The van der Waals surface area contributed by atoms with Crippen molar-refractivity contribution in [1.82, 2.24) is 5.32 Å². The van der Waals surface area contributed by atoms with Crippen LogP contribution in [0.1, 0.15) is 104 Å². The van der Waals surface area contributed by atoms with Gasteiger partial charge in [0.05, 0.1) is 6.54 Å². The monoisotopic (exact) mass is 431 g/mol. The first kappa shape index (κ1) is 27.0. The Morgan fingerprint density at radius 3 is 1.81 bits per heavy atom. The molecule has 0 bridgehead atoms. The van der Waals surface area contributed by atoms with E-state index in [0.29, 0.717) is 0 Å². The van der Waals surface area contributed by atoms with Crippen LogP contribution in [0.25, 0.3) is 0 Å². The minimum Gasteiger partial charge on any atom is -0.376 e. The number of rotatable bonds is 19. The summed E-state index contributed by atoms with van der Waals surface area (Å²) in [6.07, 6.45) is 18.7. The molecule has 0 fully saturated rings. The molecule has 1 aromatic carbocycles. The Labute approximate surface area is 190 Å². The van der Waals surface area contributed by atoms with E-state index in [1.807, 2.05) is 24.3 Å². The average molecular weight is 432 g/mol. The van der Waals surface area contributed by atoms with Gasteiger partial charge < -0.3 is 16.0 Å². The van der Waals surface area contributed by atoms with Gasteiger partial charge in [-0.2, -0.15) is 0 Å². The Kier molecular flexibility index (Phi) is 16.3. The zero-order valence-corrected chi connectivity index (χ0v) is 19.9. The van der Waals surface area contributed by atoms with Crippen LogP contribution in [0.4, 0.5) is 11.4 Å². The van der Waals surface area contributed by atoms with Gasteiger partial charge in [0, 0.05) is 24.8 Å². The minimum absolute atomic E-state index is 0.000348. The molecule has 0 aromatic heterocycles. The number of hydrogen-bond acceptors (Lipinski definition) is 3. The summed E-state index contributed by atoms with van der Waals surface area (Å²) in [6.45, 7) is 4.73. The summed E-state index contributed by atoms with van der Waals surface area (Å²) >= 11 is 0. The lowest BCUT2D eigenvalue weighted by atomic mass is 10.0. The molecular weight excluding hydrogens is 386 g/mol. The van der Waals surface area contributed by atoms with Gasteiger partial charge in [0.1, 0.15) is 0 Å². The normalized spacial score (nSPS) is 10.6. The van der Waals surface area contributed by atoms with E-state index in [0.717, 1.165) is 24.3 Å². The van der Waals surface area contributed by atoms with Gasteiger partial charge in [0.2, 0.25) is 11.8 Å². The Morgan fingerprint density at radius 1 is 0.742 bits per heavy atom. The predicted molar refractivity (Wildman–Crippen MR) is 133 cm³/mol. The number of carbonyl (C=O) groups is 2. The van der Waals surface area contributed by atoms with Gasteiger partial charge >= 0.3 is 0 Å². The Morgan fingerprint density at radius 2 is 1.26 bits per heavy atom. The highest BCUT2D eigenvalue weighted by atomic mass is 16.2. The van der Waals surface area contributed by atoms with Crippen LogP contribution < -0.4 is 16.0 Å². The lowest BCUT2D eigenvalue weighted by molar-refractivity contribution is -0.119. The maximum absolute atomic E-state index is 12.0. The maximum Gasteiger partial charge on any atom is 0.239 e. The molecule has 31 heavy (non-hydrogen) atoms. The summed E-state index contributed by atoms with van der Waals surface area (Å²) in [6, 6.07) is 7.37. The number of carbonyl (C=O) groups excluding carboxylic acids is 2. The topological polar surface area (TPSA) is 70.2 Å². The number of unbranched alkanes of at least 4 members (excludes halogenated alkanes) is 13. The number of anilines is 2. The molecule has 5 heteroatoms. The SMILES string of the molecule is CCCCCCCCCCCCCCCCNC(=O)CNc1cccc(NC(C)=O)c1. The second kappa shape index (κ2) is 18.7. The van der Waals surface area contributed by atoms with Crippen LogP contribution in [-0.2, 0) is 9.59 Å². The first-order valence-corrected chi connectivity index (χ1v) is 12.5. The molecular formula is C26H45N3O2. The van der Waals surface area contributed by atoms with Crippen molar-refractivity contribution >= 4 is 23.2 Å². The highest BCUT2D eigenvalue weighted by Gasteiger charge is 2.02. The van der Waals surface area contributed by atoms with Crippen LogP contribution in [0.3, 0.4) is 0 Å². The molecule has 5 nitrogen and oxygen atoms in total. The molecule has 1 aromatic rings. The van der Waals surface area contributed by atoms with Crippen LogP contribution in [0.15, 0.2) is 24.3 Å². The number of hydrogen-bond donors (Lipinski definition) is 3. The lowest BCUT2D eigenvalue weighted by Gasteiger charge is -2.09. The molecule has 2 amide bonds. The predicted octanol–water partition coefficient (Wildman–Crippen LogP) is 6.65. The van der Waals surface area contributed by atoms with Crippen molar-refractivity contribution in [3.8, 4) is 0 Å². The van der Waals surface area contributed by atoms with Crippen molar-refractivity contribution in [2.24, 2.45) is 0 Å². The molecule has 1 rings (SSSR count).